The fourth-order valence-corrected chi connectivity index (χ4v) is 4.49. The van der Waals surface area contributed by atoms with Crippen LogP contribution in [0.1, 0.15) is 59.3 Å². The summed E-state index contributed by atoms with van der Waals surface area (Å²) in [5.74, 6) is 0.281. The number of nitrogens with one attached hydrogen (secondary N) is 1. The molecule has 0 aromatic heterocycles. The molecule has 1 saturated heterocycles. The van der Waals surface area contributed by atoms with E-state index in [2.05, 4.69) is 11.6 Å². The molecular formula is C18H32N2O2S. The lowest BCUT2D eigenvalue weighted by molar-refractivity contribution is -0.142. The van der Waals surface area contributed by atoms with Crippen LogP contribution in [0.15, 0.2) is 0 Å². The van der Waals surface area contributed by atoms with E-state index in [4.69, 9.17) is 0 Å². The number of hydrogen-bond donors (Lipinski definition) is 1. The molecule has 23 heavy (non-hydrogen) atoms. The van der Waals surface area contributed by atoms with Crippen LogP contribution in [0.4, 0.5) is 0 Å². The molecule has 1 aliphatic heterocycles. The number of amides is 2. The molecule has 1 saturated carbocycles. The molecule has 2 aliphatic rings. The smallest absolute Gasteiger partial charge is 0.227 e. The Hall–Kier alpha value is -0.710. The van der Waals surface area contributed by atoms with Crippen LogP contribution in [0.25, 0.3) is 0 Å². The summed E-state index contributed by atoms with van der Waals surface area (Å²) in [7, 11) is 0. The standard InChI is InChI=1S/C18H32N2O2S/c1-18(2,3)17(22)20-10-6-7-13(12-20)16(21)19-14-8-5-9-15(11-14)23-4/h13-15H,5-12H2,1-4H3,(H,19,21)/t13-,14+,15-/m1/s1. The van der Waals surface area contributed by atoms with Gasteiger partial charge in [0.2, 0.25) is 11.8 Å². The van der Waals surface area contributed by atoms with Crippen molar-refractivity contribution in [1.29, 1.82) is 0 Å². The van der Waals surface area contributed by atoms with Gasteiger partial charge in [0.1, 0.15) is 0 Å². The van der Waals surface area contributed by atoms with Crippen molar-refractivity contribution in [3.8, 4) is 0 Å². The molecule has 1 aliphatic carbocycles. The predicted octanol–water partition coefficient (Wildman–Crippen LogP) is 3.06. The summed E-state index contributed by atoms with van der Waals surface area (Å²) in [5.41, 5.74) is -0.368. The molecule has 1 heterocycles. The molecule has 132 valence electrons. The summed E-state index contributed by atoms with van der Waals surface area (Å²) in [5, 5.41) is 3.94. The first-order chi connectivity index (χ1) is 10.8. The van der Waals surface area contributed by atoms with Crippen molar-refractivity contribution in [2.75, 3.05) is 19.3 Å². The Morgan fingerprint density at radius 2 is 1.87 bits per heavy atom. The average Bonchev–Trinajstić information content (AvgIpc) is 2.53. The highest BCUT2D eigenvalue weighted by molar-refractivity contribution is 7.99. The van der Waals surface area contributed by atoms with Gasteiger partial charge in [-0.05, 0) is 38.4 Å². The quantitative estimate of drug-likeness (QED) is 0.859. The minimum atomic E-state index is -0.368. The molecule has 5 heteroatoms. The SMILES string of the molecule is CS[C@@H]1CCC[C@H](NC(=O)[C@@H]2CCCN(C(=O)C(C)(C)C)C2)C1. The molecule has 0 unspecified atom stereocenters. The Morgan fingerprint density at radius 3 is 2.52 bits per heavy atom. The Bertz CT molecular complexity index is 433. The van der Waals surface area contributed by atoms with Gasteiger partial charge in [-0.2, -0.15) is 11.8 Å². The highest BCUT2D eigenvalue weighted by Crippen LogP contribution is 2.28. The monoisotopic (exact) mass is 340 g/mol. The lowest BCUT2D eigenvalue weighted by Crippen LogP contribution is -2.50. The van der Waals surface area contributed by atoms with Crippen molar-refractivity contribution in [1.82, 2.24) is 10.2 Å². The molecule has 0 aromatic carbocycles. The van der Waals surface area contributed by atoms with Gasteiger partial charge < -0.3 is 10.2 Å². The van der Waals surface area contributed by atoms with E-state index in [9.17, 15) is 9.59 Å². The third-order valence-corrected chi connectivity index (χ3v) is 6.12. The fraction of sp³-hybridized carbons (Fsp3) is 0.889. The van der Waals surface area contributed by atoms with Gasteiger partial charge in [-0.25, -0.2) is 0 Å². The molecule has 2 rings (SSSR count). The van der Waals surface area contributed by atoms with Gasteiger partial charge in [0.15, 0.2) is 0 Å². The van der Waals surface area contributed by atoms with Crippen LogP contribution in [-0.4, -0.2) is 47.4 Å². The molecule has 4 nitrogen and oxygen atoms in total. The van der Waals surface area contributed by atoms with E-state index in [1.807, 2.05) is 37.4 Å². The first-order valence-electron chi connectivity index (χ1n) is 8.94. The summed E-state index contributed by atoms with van der Waals surface area (Å²) < 4.78 is 0. The van der Waals surface area contributed by atoms with Crippen LogP contribution in [-0.2, 0) is 9.59 Å². The maximum absolute atomic E-state index is 12.6. The van der Waals surface area contributed by atoms with Crippen molar-refractivity contribution in [3.63, 3.8) is 0 Å². The number of nitrogens with zero attached hydrogens (tertiary/aromatic N) is 1. The molecule has 3 atom stereocenters. The third-order valence-electron chi connectivity index (χ3n) is 5.03. The fourth-order valence-electron chi connectivity index (χ4n) is 3.66. The van der Waals surface area contributed by atoms with E-state index in [0.717, 1.165) is 32.2 Å². The highest BCUT2D eigenvalue weighted by atomic mass is 32.2. The molecule has 0 bridgehead atoms. The van der Waals surface area contributed by atoms with Gasteiger partial charge in [-0.3, -0.25) is 9.59 Å². The number of likely N-dealkylation sites (tertiary alicyclic amines) is 1. The minimum Gasteiger partial charge on any atom is -0.353 e. The molecular weight excluding hydrogens is 308 g/mol. The van der Waals surface area contributed by atoms with E-state index in [0.29, 0.717) is 17.8 Å². The Balaban J connectivity index is 1.88. The first kappa shape index (κ1) is 18.6. The molecule has 0 radical (unpaired) electrons. The van der Waals surface area contributed by atoms with Crippen LogP contribution in [0.2, 0.25) is 0 Å². The van der Waals surface area contributed by atoms with Crippen molar-refractivity contribution in [2.45, 2.75) is 70.6 Å². The second-order valence-corrected chi connectivity index (χ2v) is 9.21. The van der Waals surface area contributed by atoms with Crippen molar-refractivity contribution < 1.29 is 9.59 Å². The normalized spacial score (nSPS) is 29.2. The zero-order valence-electron chi connectivity index (χ0n) is 15.1. The Labute approximate surface area is 145 Å². The second kappa shape index (κ2) is 7.91. The number of hydrogen-bond acceptors (Lipinski definition) is 3. The van der Waals surface area contributed by atoms with E-state index < -0.39 is 0 Å². The maximum Gasteiger partial charge on any atom is 0.227 e. The van der Waals surface area contributed by atoms with Crippen LogP contribution in [0.3, 0.4) is 0 Å². The second-order valence-electron chi connectivity index (χ2n) is 8.07. The predicted molar refractivity (Wildman–Crippen MR) is 96.5 cm³/mol. The third kappa shape index (κ3) is 5.13. The van der Waals surface area contributed by atoms with Crippen molar-refractivity contribution in [2.24, 2.45) is 11.3 Å². The van der Waals surface area contributed by atoms with E-state index in [-0.39, 0.29) is 23.1 Å². The van der Waals surface area contributed by atoms with Crippen molar-refractivity contribution >= 4 is 23.6 Å². The van der Waals surface area contributed by atoms with E-state index in [1.54, 1.807) is 0 Å². The lowest BCUT2D eigenvalue weighted by atomic mass is 9.90. The minimum absolute atomic E-state index is 0.0373. The summed E-state index contributed by atoms with van der Waals surface area (Å²) in [6.45, 7) is 7.22. The van der Waals surface area contributed by atoms with Gasteiger partial charge in [-0.15, -0.1) is 0 Å². The summed E-state index contributed by atoms with van der Waals surface area (Å²) >= 11 is 1.92. The number of carbonyl (C=O) groups excluding carboxylic acids is 2. The number of rotatable bonds is 3. The topological polar surface area (TPSA) is 49.4 Å². The van der Waals surface area contributed by atoms with Gasteiger partial charge >= 0.3 is 0 Å². The van der Waals surface area contributed by atoms with Crippen molar-refractivity contribution in [3.05, 3.63) is 0 Å². The number of piperidine rings is 1. The number of thioether (sulfide) groups is 1. The van der Waals surface area contributed by atoms with Gasteiger partial charge in [-0.1, -0.05) is 27.2 Å². The summed E-state index contributed by atoms with van der Waals surface area (Å²) in [6, 6.07) is 0.322. The molecule has 0 spiro atoms. The molecule has 2 fully saturated rings. The zero-order chi connectivity index (χ0) is 17.0. The summed E-state index contributed by atoms with van der Waals surface area (Å²) in [4.78, 5) is 27.0. The van der Waals surface area contributed by atoms with Crippen LogP contribution >= 0.6 is 11.8 Å². The van der Waals surface area contributed by atoms with Crippen LogP contribution in [0, 0.1) is 11.3 Å². The van der Waals surface area contributed by atoms with Crippen LogP contribution in [0.5, 0.6) is 0 Å². The number of carbonyl (C=O) groups is 2. The van der Waals surface area contributed by atoms with Gasteiger partial charge in [0.05, 0.1) is 5.92 Å². The Morgan fingerprint density at radius 1 is 1.13 bits per heavy atom. The molecule has 2 amide bonds. The first-order valence-corrected chi connectivity index (χ1v) is 10.2. The molecule has 1 N–H and O–H groups in total. The highest BCUT2D eigenvalue weighted by Gasteiger charge is 2.34. The molecule has 0 aromatic rings. The Kier molecular flexibility index (Phi) is 6.40. The largest absolute Gasteiger partial charge is 0.353 e. The van der Waals surface area contributed by atoms with Gasteiger partial charge in [0, 0.05) is 29.8 Å². The maximum atomic E-state index is 12.6. The zero-order valence-corrected chi connectivity index (χ0v) is 15.9. The van der Waals surface area contributed by atoms with E-state index >= 15 is 0 Å². The lowest BCUT2D eigenvalue weighted by Gasteiger charge is -2.37. The van der Waals surface area contributed by atoms with Crippen LogP contribution < -0.4 is 5.32 Å². The van der Waals surface area contributed by atoms with E-state index in [1.165, 1.54) is 12.8 Å². The summed E-state index contributed by atoms with van der Waals surface area (Å²) in [6.07, 6.45) is 8.65. The average molecular weight is 341 g/mol. The van der Waals surface area contributed by atoms with Gasteiger partial charge in [0.25, 0.3) is 0 Å².